The first-order chi connectivity index (χ1) is 9.19. The molecule has 0 fully saturated rings. The van der Waals surface area contributed by atoms with E-state index in [2.05, 4.69) is 26.1 Å². The number of benzene rings is 1. The van der Waals surface area contributed by atoms with Gasteiger partial charge in [0.25, 0.3) is 0 Å². The lowest BCUT2D eigenvalue weighted by atomic mass is 10.2. The van der Waals surface area contributed by atoms with Crippen LogP contribution in [0.15, 0.2) is 18.2 Å². The SMILES string of the molecule is COCCn1c(CBr)nnc1-c1c(Cl)cccc1Cl. The minimum atomic E-state index is 0.555. The van der Waals surface area contributed by atoms with Gasteiger partial charge in [0.1, 0.15) is 5.82 Å². The van der Waals surface area contributed by atoms with Crippen molar-refractivity contribution in [3.8, 4) is 11.4 Å². The van der Waals surface area contributed by atoms with Crippen molar-refractivity contribution in [3.63, 3.8) is 0 Å². The van der Waals surface area contributed by atoms with E-state index in [0.29, 0.717) is 39.9 Å². The van der Waals surface area contributed by atoms with Crippen LogP contribution in [0.1, 0.15) is 5.82 Å². The van der Waals surface area contributed by atoms with E-state index in [1.54, 1.807) is 25.3 Å². The highest BCUT2D eigenvalue weighted by Gasteiger charge is 2.17. The molecule has 0 unspecified atom stereocenters. The van der Waals surface area contributed by atoms with Crippen LogP contribution in [0.2, 0.25) is 10.0 Å². The monoisotopic (exact) mass is 363 g/mol. The maximum absolute atomic E-state index is 6.21. The van der Waals surface area contributed by atoms with Crippen LogP contribution in [0.4, 0.5) is 0 Å². The maximum Gasteiger partial charge on any atom is 0.167 e. The Morgan fingerprint density at radius 3 is 2.53 bits per heavy atom. The van der Waals surface area contributed by atoms with E-state index in [1.165, 1.54) is 0 Å². The lowest BCUT2D eigenvalue weighted by Crippen LogP contribution is -2.09. The number of methoxy groups -OCH3 is 1. The summed E-state index contributed by atoms with van der Waals surface area (Å²) in [5, 5.41) is 10.0. The Hall–Kier alpha value is -0.620. The van der Waals surface area contributed by atoms with Crippen LogP contribution in [0, 0.1) is 0 Å². The second kappa shape index (κ2) is 6.70. The fraction of sp³-hybridized carbons (Fsp3) is 0.333. The smallest absolute Gasteiger partial charge is 0.167 e. The molecule has 0 aliphatic rings. The third kappa shape index (κ3) is 3.11. The molecule has 0 aliphatic heterocycles. The van der Waals surface area contributed by atoms with Crippen LogP contribution in [-0.4, -0.2) is 28.5 Å². The third-order valence-electron chi connectivity index (χ3n) is 2.65. The van der Waals surface area contributed by atoms with Crippen molar-refractivity contribution < 1.29 is 4.74 Å². The van der Waals surface area contributed by atoms with E-state index >= 15 is 0 Å². The average molecular weight is 365 g/mol. The van der Waals surface area contributed by atoms with Crippen molar-refractivity contribution >= 4 is 39.1 Å². The fourth-order valence-electron chi connectivity index (χ4n) is 1.75. The van der Waals surface area contributed by atoms with Gasteiger partial charge in [0, 0.05) is 13.7 Å². The minimum Gasteiger partial charge on any atom is -0.383 e. The molecule has 4 nitrogen and oxygen atoms in total. The molecule has 0 spiro atoms. The first kappa shape index (κ1) is 14.8. The molecule has 7 heteroatoms. The second-order valence-electron chi connectivity index (χ2n) is 3.81. The molecule has 1 heterocycles. The molecule has 0 N–H and O–H groups in total. The van der Waals surface area contributed by atoms with Gasteiger partial charge in [-0.1, -0.05) is 45.2 Å². The Kier molecular flexibility index (Phi) is 5.21. The van der Waals surface area contributed by atoms with Gasteiger partial charge in [0.05, 0.1) is 27.5 Å². The maximum atomic E-state index is 6.21. The molecule has 1 aromatic carbocycles. The highest BCUT2D eigenvalue weighted by molar-refractivity contribution is 9.08. The van der Waals surface area contributed by atoms with Gasteiger partial charge in [0.15, 0.2) is 5.82 Å². The number of nitrogens with zero attached hydrogens (tertiary/aromatic N) is 3. The molecule has 0 radical (unpaired) electrons. The standard InChI is InChI=1S/C12H12BrCl2N3O/c1-19-6-5-18-10(7-13)16-17-12(18)11-8(14)3-2-4-9(11)15/h2-4H,5-7H2,1H3. The Morgan fingerprint density at radius 1 is 1.26 bits per heavy atom. The van der Waals surface area contributed by atoms with Gasteiger partial charge >= 0.3 is 0 Å². The largest absolute Gasteiger partial charge is 0.383 e. The summed E-state index contributed by atoms with van der Waals surface area (Å²) < 4.78 is 7.06. The summed E-state index contributed by atoms with van der Waals surface area (Å²) in [5.74, 6) is 1.46. The van der Waals surface area contributed by atoms with E-state index < -0.39 is 0 Å². The molecule has 2 aromatic rings. The molecule has 0 aliphatic carbocycles. The van der Waals surface area contributed by atoms with Crippen LogP contribution in [0.3, 0.4) is 0 Å². The molecular formula is C12H12BrCl2N3O. The quantitative estimate of drug-likeness (QED) is 0.757. The number of halogens is 3. The minimum absolute atomic E-state index is 0.555. The highest BCUT2D eigenvalue weighted by atomic mass is 79.9. The summed E-state index contributed by atoms with van der Waals surface area (Å²) in [4.78, 5) is 0. The zero-order chi connectivity index (χ0) is 13.8. The van der Waals surface area contributed by atoms with Crippen LogP contribution < -0.4 is 0 Å². The van der Waals surface area contributed by atoms with Crippen LogP contribution in [0.5, 0.6) is 0 Å². The molecule has 0 bridgehead atoms. The molecule has 102 valence electrons. The molecule has 19 heavy (non-hydrogen) atoms. The van der Waals surface area contributed by atoms with Gasteiger partial charge < -0.3 is 9.30 Å². The van der Waals surface area contributed by atoms with Gasteiger partial charge in [-0.2, -0.15) is 0 Å². The molecular weight excluding hydrogens is 353 g/mol. The number of aromatic nitrogens is 3. The first-order valence-corrected chi connectivity index (χ1v) is 7.48. The number of alkyl halides is 1. The Morgan fingerprint density at radius 2 is 1.95 bits per heavy atom. The fourth-order valence-corrected chi connectivity index (χ4v) is 2.73. The molecule has 0 saturated carbocycles. The van der Waals surface area contributed by atoms with Crippen molar-refractivity contribution in [1.29, 1.82) is 0 Å². The van der Waals surface area contributed by atoms with E-state index in [-0.39, 0.29) is 0 Å². The highest BCUT2D eigenvalue weighted by Crippen LogP contribution is 2.33. The van der Waals surface area contributed by atoms with Crippen molar-refractivity contribution in [2.75, 3.05) is 13.7 Å². The van der Waals surface area contributed by atoms with Crippen molar-refractivity contribution in [2.24, 2.45) is 0 Å². The summed E-state index contributed by atoms with van der Waals surface area (Å²) in [6.45, 7) is 1.20. The van der Waals surface area contributed by atoms with Gasteiger partial charge in [-0.15, -0.1) is 10.2 Å². The predicted molar refractivity (Wildman–Crippen MR) is 80.0 cm³/mol. The van der Waals surface area contributed by atoms with E-state index in [0.717, 1.165) is 5.82 Å². The predicted octanol–water partition coefficient (Wildman–Crippen LogP) is 3.79. The van der Waals surface area contributed by atoms with Crippen molar-refractivity contribution in [2.45, 2.75) is 11.9 Å². The van der Waals surface area contributed by atoms with Crippen LogP contribution in [0.25, 0.3) is 11.4 Å². The Balaban J connectivity index is 2.52. The number of hydrogen-bond donors (Lipinski definition) is 0. The summed E-state index contributed by atoms with van der Waals surface area (Å²) in [6, 6.07) is 5.37. The zero-order valence-corrected chi connectivity index (χ0v) is 13.3. The number of hydrogen-bond acceptors (Lipinski definition) is 3. The third-order valence-corrected chi connectivity index (χ3v) is 3.78. The van der Waals surface area contributed by atoms with E-state index in [4.69, 9.17) is 27.9 Å². The summed E-state index contributed by atoms with van der Waals surface area (Å²) in [5.41, 5.74) is 0.696. The van der Waals surface area contributed by atoms with Gasteiger partial charge in [-0.05, 0) is 12.1 Å². The first-order valence-electron chi connectivity index (χ1n) is 5.60. The normalized spacial score (nSPS) is 10.9. The topological polar surface area (TPSA) is 39.9 Å². The molecule has 0 amide bonds. The van der Waals surface area contributed by atoms with Crippen LogP contribution >= 0.6 is 39.1 Å². The van der Waals surface area contributed by atoms with Gasteiger partial charge in [-0.3, -0.25) is 0 Å². The van der Waals surface area contributed by atoms with E-state index in [9.17, 15) is 0 Å². The Labute approximate surface area is 129 Å². The summed E-state index contributed by atoms with van der Waals surface area (Å²) >= 11 is 15.8. The summed E-state index contributed by atoms with van der Waals surface area (Å²) in [7, 11) is 1.65. The second-order valence-corrected chi connectivity index (χ2v) is 5.19. The zero-order valence-electron chi connectivity index (χ0n) is 10.2. The molecule has 2 rings (SSSR count). The molecule has 1 aromatic heterocycles. The summed E-state index contributed by atoms with van der Waals surface area (Å²) in [6.07, 6.45) is 0. The van der Waals surface area contributed by atoms with Gasteiger partial charge in [-0.25, -0.2) is 0 Å². The number of ether oxygens (including phenoxy) is 1. The molecule has 0 saturated heterocycles. The van der Waals surface area contributed by atoms with E-state index in [1.807, 2.05) is 4.57 Å². The Bertz CT molecular complexity index is 554. The lowest BCUT2D eigenvalue weighted by Gasteiger charge is -2.10. The van der Waals surface area contributed by atoms with Crippen LogP contribution in [-0.2, 0) is 16.6 Å². The number of rotatable bonds is 5. The molecule has 0 atom stereocenters. The lowest BCUT2D eigenvalue weighted by molar-refractivity contribution is 0.187. The van der Waals surface area contributed by atoms with Gasteiger partial charge in [0.2, 0.25) is 0 Å². The van der Waals surface area contributed by atoms with Crippen molar-refractivity contribution in [1.82, 2.24) is 14.8 Å². The van der Waals surface area contributed by atoms with Crippen molar-refractivity contribution in [3.05, 3.63) is 34.1 Å². The average Bonchev–Trinajstić information content (AvgIpc) is 2.79.